The summed E-state index contributed by atoms with van der Waals surface area (Å²) in [7, 11) is 0. The van der Waals surface area contributed by atoms with E-state index < -0.39 is 6.10 Å². The lowest BCUT2D eigenvalue weighted by Gasteiger charge is -2.25. The van der Waals surface area contributed by atoms with Crippen LogP contribution in [0.4, 0.5) is 5.69 Å². The molecule has 1 atom stereocenters. The van der Waals surface area contributed by atoms with E-state index in [-0.39, 0.29) is 12.5 Å². The second-order valence-corrected chi connectivity index (χ2v) is 5.21. The quantitative estimate of drug-likeness (QED) is 0.921. The van der Waals surface area contributed by atoms with Crippen LogP contribution in [0.25, 0.3) is 0 Å². The van der Waals surface area contributed by atoms with Crippen molar-refractivity contribution in [1.29, 1.82) is 0 Å². The number of nitrogens with one attached hydrogen (secondary N) is 1. The summed E-state index contributed by atoms with van der Waals surface area (Å²) in [6.07, 6.45) is -0.696. The number of rotatable bonds is 2. The molecule has 118 valence electrons. The zero-order valence-corrected chi connectivity index (χ0v) is 12.3. The smallest absolute Gasteiger partial charge is 0.269 e. The largest absolute Gasteiger partial charge is 0.486 e. The normalized spacial score (nSPS) is 18.2. The van der Waals surface area contributed by atoms with Gasteiger partial charge in [-0.1, -0.05) is 12.1 Å². The van der Waals surface area contributed by atoms with Crippen molar-refractivity contribution < 1.29 is 23.7 Å². The number of benzene rings is 2. The minimum Gasteiger partial charge on any atom is -0.486 e. The monoisotopic (exact) mass is 313 g/mol. The van der Waals surface area contributed by atoms with E-state index in [9.17, 15) is 4.79 Å². The van der Waals surface area contributed by atoms with Crippen LogP contribution < -0.4 is 24.3 Å². The van der Waals surface area contributed by atoms with Crippen LogP contribution in [0, 0.1) is 0 Å². The van der Waals surface area contributed by atoms with Gasteiger partial charge in [0.2, 0.25) is 6.10 Å². The Morgan fingerprint density at radius 1 is 0.913 bits per heavy atom. The van der Waals surface area contributed by atoms with Gasteiger partial charge in [0.05, 0.1) is 0 Å². The lowest BCUT2D eigenvalue weighted by Crippen LogP contribution is -2.40. The molecule has 2 aliphatic heterocycles. The van der Waals surface area contributed by atoms with Crippen molar-refractivity contribution in [2.24, 2.45) is 0 Å². The van der Waals surface area contributed by atoms with Gasteiger partial charge in [-0.2, -0.15) is 0 Å². The van der Waals surface area contributed by atoms with E-state index in [0.29, 0.717) is 41.9 Å². The summed E-state index contributed by atoms with van der Waals surface area (Å²) in [5.41, 5.74) is 0.627. The van der Waals surface area contributed by atoms with Gasteiger partial charge in [0, 0.05) is 11.8 Å². The van der Waals surface area contributed by atoms with E-state index in [1.54, 1.807) is 24.3 Å². The van der Waals surface area contributed by atoms with Gasteiger partial charge in [-0.3, -0.25) is 4.79 Å². The summed E-state index contributed by atoms with van der Waals surface area (Å²) in [6, 6.07) is 12.6. The molecule has 1 unspecified atom stereocenters. The predicted octanol–water partition coefficient (Wildman–Crippen LogP) is 2.24. The number of para-hydroxylation sites is 2. The van der Waals surface area contributed by atoms with Crippen molar-refractivity contribution in [3.63, 3.8) is 0 Å². The van der Waals surface area contributed by atoms with Crippen LogP contribution in [-0.4, -0.2) is 31.8 Å². The van der Waals surface area contributed by atoms with E-state index in [0.717, 1.165) is 0 Å². The molecular formula is C17H15NO5. The van der Waals surface area contributed by atoms with E-state index >= 15 is 0 Å². The maximum atomic E-state index is 12.4. The molecule has 6 nitrogen and oxygen atoms in total. The molecule has 23 heavy (non-hydrogen) atoms. The van der Waals surface area contributed by atoms with Gasteiger partial charge < -0.3 is 24.3 Å². The minimum atomic E-state index is -0.696. The van der Waals surface area contributed by atoms with E-state index in [1.165, 1.54) is 0 Å². The molecule has 0 radical (unpaired) electrons. The number of ether oxygens (including phenoxy) is 4. The topological polar surface area (TPSA) is 66.0 Å². The molecule has 0 aromatic heterocycles. The molecule has 2 aliphatic rings. The highest BCUT2D eigenvalue weighted by atomic mass is 16.6. The second kappa shape index (κ2) is 5.72. The van der Waals surface area contributed by atoms with Crippen molar-refractivity contribution >= 4 is 11.6 Å². The van der Waals surface area contributed by atoms with E-state index in [4.69, 9.17) is 18.9 Å². The number of amides is 1. The average Bonchev–Trinajstić information content (AvgIpc) is 2.61. The summed E-state index contributed by atoms with van der Waals surface area (Å²) in [5.74, 6) is 2.26. The highest BCUT2D eigenvalue weighted by molar-refractivity contribution is 5.95. The van der Waals surface area contributed by atoms with Gasteiger partial charge in [0.25, 0.3) is 5.91 Å². The van der Waals surface area contributed by atoms with Crippen molar-refractivity contribution in [2.45, 2.75) is 6.10 Å². The number of anilines is 1. The third-order valence-electron chi connectivity index (χ3n) is 3.61. The molecule has 2 aromatic rings. The van der Waals surface area contributed by atoms with E-state index in [2.05, 4.69) is 5.32 Å². The molecule has 0 spiro atoms. The highest BCUT2D eigenvalue weighted by Crippen LogP contribution is 2.33. The Balaban J connectivity index is 1.46. The summed E-state index contributed by atoms with van der Waals surface area (Å²) < 4.78 is 22.2. The lowest BCUT2D eigenvalue weighted by atomic mass is 10.2. The van der Waals surface area contributed by atoms with Gasteiger partial charge in [0.15, 0.2) is 23.0 Å². The summed E-state index contributed by atoms with van der Waals surface area (Å²) in [4.78, 5) is 12.4. The molecule has 2 aromatic carbocycles. The molecule has 2 heterocycles. The Kier molecular flexibility index (Phi) is 3.42. The molecule has 1 amide bonds. The number of hydrogen-bond acceptors (Lipinski definition) is 5. The second-order valence-electron chi connectivity index (χ2n) is 5.21. The fourth-order valence-electron chi connectivity index (χ4n) is 2.49. The maximum Gasteiger partial charge on any atom is 0.269 e. The molecule has 1 N–H and O–H groups in total. The summed E-state index contributed by atoms with van der Waals surface area (Å²) >= 11 is 0. The van der Waals surface area contributed by atoms with Crippen LogP contribution in [0.15, 0.2) is 42.5 Å². The molecule has 0 aliphatic carbocycles. The van der Waals surface area contributed by atoms with Crippen molar-refractivity contribution in [2.75, 3.05) is 25.1 Å². The summed E-state index contributed by atoms with van der Waals surface area (Å²) in [5, 5.41) is 2.81. The van der Waals surface area contributed by atoms with Gasteiger partial charge in [0.1, 0.15) is 19.8 Å². The molecule has 0 fully saturated rings. The first kappa shape index (κ1) is 13.8. The zero-order chi connectivity index (χ0) is 15.6. The van der Waals surface area contributed by atoms with Crippen LogP contribution >= 0.6 is 0 Å². The SMILES string of the molecule is O=C(Nc1ccc2c(c1)OCCO2)C1COc2ccccc2O1. The van der Waals surface area contributed by atoms with Crippen LogP contribution in [-0.2, 0) is 4.79 Å². The van der Waals surface area contributed by atoms with Crippen LogP contribution in [0.2, 0.25) is 0 Å². The third-order valence-corrected chi connectivity index (χ3v) is 3.61. The fraction of sp³-hybridized carbons (Fsp3) is 0.235. The van der Waals surface area contributed by atoms with Crippen LogP contribution in [0.5, 0.6) is 23.0 Å². The highest BCUT2D eigenvalue weighted by Gasteiger charge is 2.27. The van der Waals surface area contributed by atoms with Crippen molar-refractivity contribution in [1.82, 2.24) is 0 Å². The van der Waals surface area contributed by atoms with Crippen LogP contribution in [0.3, 0.4) is 0 Å². The molecule has 4 rings (SSSR count). The number of carbonyl (C=O) groups is 1. The van der Waals surface area contributed by atoms with Crippen molar-refractivity contribution in [3.8, 4) is 23.0 Å². The van der Waals surface area contributed by atoms with Gasteiger partial charge in [-0.25, -0.2) is 0 Å². The first-order chi connectivity index (χ1) is 11.3. The first-order valence-electron chi connectivity index (χ1n) is 7.38. The predicted molar refractivity (Wildman–Crippen MR) is 82.4 cm³/mol. The van der Waals surface area contributed by atoms with E-state index in [1.807, 2.05) is 18.2 Å². The number of fused-ring (bicyclic) bond motifs is 2. The lowest BCUT2D eigenvalue weighted by molar-refractivity contribution is -0.125. The minimum absolute atomic E-state index is 0.174. The van der Waals surface area contributed by atoms with Crippen LogP contribution in [0.1, 0.15) is 0 Å². The van der Waals surface area contributed by atoms with Gasteiger partial charge in [-0.15, -0.1) is 0 Å². The number of hydrogen-bond donors (Lipinski definition) is 1. The summed E-state index contributed by atoms with van der Waals surface area (Å²) in [6.45, 7) is 1.21. The van der Waals surface area contributed by atoms with Gasteiger partial charge in [-0.05, 0) is 24.3 Å². The maximum absolute atomic E-state index is 12.4. The van der Waals surface area contributed by atoms with Crippen molar-refractivity contribution in [3.05, 3.63) is 42.5 Å². The Hall–Kier alpha value is -2.89. The molecule has 0 saturated carbocycles. The Morgan fingerprint density at radius 2 is 1.65 bits per heavy atom. The average molecular weight is 313 g/mol. The van der Waals surface area contributed by atoms with Gasteiger partial charge >= 0.3 is 0 Å². The zero-order valence-electron chi connectivity index (χ0n) is 12.3. The molecular weight excluding hydrogens is 298 g/mol. The molecule has 6 heteroatoms. The Labute approximate surface area is 132 Å². The number of carbonyl (C=O) groups excluding carboxylic acids is 1. The first-order valence-corrected chi connectivity index (χ1v) is 7.38. The fourth-order valence-corrected chi connectivity index (χ4v) is 2.49. The Bertz CT molecular complexity index is 746. The standard InChI is InChI=1S/C17H15NO5/c19-17(16-10-22-12-3-1-2-4-14(12)23-16)18-11-5-6-13-15(9-11)21-8-7-20-13/h1-6,9,16H,7-8,10H2,(H,18,19). The third kappa shape index (κ3) is 2.75. The molecule has 0 saturated heterocycles. The molecule has 0 bridgehead atoms. The Morgan fingerprint density at radius 3 is 2.52 bits per heavy atom.